The third-order valence-corrected chi connectivity index (χ3v) is 8.94. The van der Waals surface area contributed by atoms with Crippen molar-refractivity contribution < 1.29 is 19.1 Å². The van der Waals surface area contributed by atoms with Crippen molar-refractivity contribution in [3.05, 3.63) is 126 Å². The fourth-order valence-electron chi connectivity index (χ4n) is 5.54. The summed E-state index contributed by atoms with van der Waals surface area (Å²) >= 11 is 1.43. The second-order valence-corrected chi connectivity index (χ2v) is 11.6. The highest BCUT2D eigenvalue weighted by Gasteiger charge is 2.23. The van der Waals surface area contributed by atoms with Crippen LogP contribution in [0.1, 0.15) is 28.1 Å². The average molecular weight is 616 g/mol. The molecule has 1 unspecified atom stereocenters. The summed E-state index contributed by atoms with van der Waals surface area (Å²) in [4.78, 5) is 27.8. The van der Waals surface area contributed by atoms with Gasteiger partial charge in [-0.15, -0.1) is 11.8 Å². The van der Waals surface area contributed by atoms with Gasteiger partial charge >= 0.3 is 0 Å². The number of benzene rings is 5. The Labute approximate surface area is 266 Å². The van der Waals surface area contributed by atoms with Crippen LogP contribution in [-0.2, 0) is 11.3 Å². The predicted molar refractivity (Wildman–Crippen MR) is 183 cm³/mol. The first-order valence-corrected chi connectivity index (χ1v) is 15.5. The predicted octanol–water partition coefficient (Wildman–Crippen LogP) is 8.56. The maximum atomic E-state index is 13.9. The van der Waals surface area contributed by atoms with Crippen molar-refractivity contribution in [1.82, 2.24) is 4.57 Å². The molecule has 5 aromatic carbocycles. The first kappa shape index (κ1) is 29.8. The number of fused-ring (bicyclic) bond motifs is 3. The maximum Gasteiger partial charge on any atom is 0.255 e. The van der Waals surface area contributed by atoms with Crippen LogP contribution in [0.4, 0.5) is 11.4 Å². The van der Waals surface area contributed by atoms with E-state index in [-0.39, 0.29) is 11.8 Å². The molecule has 0 fully saturated rings. The van der Waals surface area contributed by atoms with Crippen molar-refractivity contribution >= 4 is 56.8 Å². The van der Waals surface area contributed by atoms with E-state index in [2.05, 4.69) is 46.4 Å². The van der Waals surface area contributed by atoms with E-state index >= 15 is 0 Å². The number of para-hydroxylation sites is 1. The van der Waals surface area contributed by atoms with Crippen LogP contribution in [0.5, 0.6) is 11.5 Å². The van der Waals surface area contributed by atoms with Gasteiger partial charge in [-0.05, 0) is 73.2 Å². The molecule has 226 valence electrons. The van der Waals surface area contributed by atoms with Crippen LogP contribution in [0.2, 0.25) is 0 Å². The topological polar surface area (TPSA) is 81.6 Å². The Balaban J connectivity index is 1.24. The lowest BCUT2D eigenvalue weighted by Gasteiger charge is -2.18. The Morgan fingerprint density at radius 1 is 0.711 bits per heavy atom. The molecule has 0 bridgehead atoms. The number of nitrogens with zero attached hydrogens (tertiary/aromatic N) is 1. The summed E-state index contributed by atoms with van der Waals surface area (Å²) in [5.74, 6) is 0.603. The number of amides is 2. The summed E-state index contributed by atoms with van der Waals surface area (Å²) in [6, 6.07) is 36.7. The fraction of sp³-hybridized carbons (Fsp3) is 0.135. The second-order valence-electron chi connectivity index (χ2n) is 10.4. The number of thioether (sulfide) groups is 1. The molecule has 0 aliphatic rings. The first-order valence-electron chi connectivity index (χ1n) is 14.7. The standard InChI is InChI=1S/C37H33N3O4S/c1-4-40-31-16-9-8-15-29(31)30-23-27(18-19-32(30)40)39-37(42)35(24-11-6-5-7-12-24)45-28-14-10-13-26(22-28)38-36(41)25-17-20-33(43-2)34(21-25)44-3/h5-23,35H,4H2,1-3H3,(H,38,41)(H,39,42). The summed E-state index contributed by atoms with van der Waals surface area (Å²) in [5, 5.41) is 7.86. The van der Waals surface area contributed by atoms with Gasteiger partial charge in [-0.3, -0.25) is 9.59 Å². The third kappa shape index (κ3) is 6.23. The van der Waals surface area contributed by atoms with E-state index < -0.39 is 5.25 Å². The lowest BCUT2D eigenvalue weighted by atomic mass is 10.1. The van der Waals surface area contributed by atoms with E-state index in [4.69, 9.17) is 9.47 Å². The van der Waals surface area contributed by atoms with Gasteiger partial charge in [0, 0.05) is 50.2 Å². The molecule has 6 rings (SSSR count). The minimum atomic E-state index is -0.532. The van der Waals surface area contributed by atoms with Crippen LogP contribution in [0.25, 0.3) is 21.8 Å². The average Bonchev–Trinajstić information content (AvgIpc) is 3.40. The minimum absolute atomic E-state index is 0.135. The maximum absolute atomic E-state index is 13.9. The molecule has 2 amide bonds. The quantitative estimate of drug-likeness (QED) is 0.151. The number of aromatic nitrogens is 1. The zero-order valence-corrected chi connectivity index (χ0v) is 26.1. The van der Waals surface area contributed by atoms with Gasteiger partial charge in [0.1, 0.15) is 5.25 Å². The molecule has 0 aliphatic carbocycles. The van der Waals surface area contributed by atoms with Gasteiger partial charge in [-0.25, -0.2) is 0 Å². The van der Waals surface area contributed by atoms with E-state index in [0.717, 1.165) is 39.0 Å². The summed E-state index contributed by atoms with van der Waals surface area (Å²) in [5.41, 5.74) is 4.98. The normalized spacial score (nSPS) is 11.7. The van der Waals surface area contributed by atoms with Crippen molar-refractivity contribution in [3.63, 3.8) is 0 Å². The summed E-state index contributed by atoms with van der Waals surface area (Å²) in [6.07, 6.45) is 0. The Morgan fingerprint density at radius 2 is 1.44 bits per heavy atom. The Morgan fingerprint density at radius 3 is 2.22 bits per heavy atom. The number of carbonyl (C=O) groups excluding carboxylic acids is 2. The highest BCUT2D eigenvalue weighted by atomic mass is 32.2. The van der Waals surface area contributed by atoms with Gasteiger partial charge in [-0.2, -0.15) is 0 Å². The van der Waals surface area contributed by atoms with E-state index in [1.807, 2.05) is 72.8 Å². The van der Waals surface area contributed by atoms with E-state index in [1.54, 1.807) is 25.3 Å². The SMILES string of the molecule is CCn1c2ccccc2c2cc(NC(=O)C(Sc3cccc(NC(=O)c4ccc(OC)c(OC)c4)c3)c3ccccc3)ccc21. The van der Waals surface area contributed by atoms with Gasteiger partial charge in [-0.1, -0.05) is 54.6 Å². The van der Waals surface area contributed by atoms with Gasteiger partial charge in [0.25, 0.3) is 5.91 Å². The minimum Gasteiger partial charge on any atom is -0.493 e. The van der Waals surface area contributed by atoms with E-state index in [9.17, 15) is 9.59 Å². The molecule has 1 heterocycles. The number of aryl methyl sites for hydroxylation is 1. The first-order chi connectivity index (χ1) is 22.0. The third-order valence-electron chi connectivity index (χ3n) is 7.69. The number of anilines is 2. The van der Waals surface area contributed by atoms with Crippen molar-refractivity contribution in [2.45, 2.75) is 23.6 Å². The van der Waals surface area contributed by atoms with Crippen LogP contribution in [-0.4, -0.2) is 30.6 Å². The number of methoxy groups -OCH3 is 2. The van der Waals surface area contributed by atoms with Crippen LogP contribution in [0.15, 0.2) is 120 Å². The van der Waals surface area contributed by atoms with E-state index in [0.29, 0.717) is 22.7 Å². The molecule has 0 saturated carbocycles. The van der Waals surface area contributed by atoms with E-state index in [1.165, 1.54) is 24.4 Å². The Bertz CT molecular complexity index is 2000. The summed E-state index contributed by atoms with van der Waals surface area (Å²) in [6.45, 7) is 3.00. The van der Waals surface area contributed by atoms with Gasteiger partial charge < -0.3 is 24.7 Å². The van der Waals surface area contributed by atoms with Crippen LogP contribution in [0.3, 0.4) is 0 Å². The number of nitrogens with one attached hydrogen (secondary N) is 2. The van der Waals surface area contributed by atoms with Crippen molar-refractivity contribution in [3.8, 4) is 11.5 Å². The molecule has 1 aromatic heterocycles. The highest BCUT2D eigenvalue weighted by molar-refractivity contribution is 8.00. The molecule has 0 aliphatic heterocycles. The summed E-state index contributed by atoms with van der Waals surface area (Å²) < 4.78 is 12.9. The number of rotatable bonds is 10. The highest BCUT2D eigenvalue weighted by Crippen LogP contribution is 2.38. The van der Waals surface area contributed by atoms with Crippen LogP contribution >= 0.6 is 11.8 Å². The molecule has 45 heavy (non-hydrogen) atoms. The number of carbonyl (C=O) groups is 2. The molecular formula is C37H33N3O4S. The van der Waals surface area contributed by atoms with Gasteiger partial charge in [0.15, 0.2) is 11.5 Å². The number of hydrogen-bond donors (Lipinski definition) is 2. The van der Waals surface area contributed by atoms with Crippen LogP contribution < -0.4 is 20.1 Å². The lowest BCUT2D eigenvalue weighted by Crippen LogP contribution is -2.19. The number of ether oxygens (including phenoxy) is 2. The molecule has 2 N–H and O–H groups in total. The molecule has 0 spiro atoms. The second kappa shape index (κ2) is 13.2. The molecule has 7 nitrogen and oxygen atoms in total. The van der Waals surface area contributed by atoms with Crippen molar-refractivity contribution in [2.75, 3.05) is 24.9 Å². The largest absolute Gasteiger partial charge is 0.493 e. The molecule has 0 saturated heterocycles. The summed E-state index contributed by atoms with van der Waals surface area (Å²) in [7, 11) is 3.08. The molecule has 0 radical (unpaired) electrons. The Hall–Kier alpha value is -5.21. The van der Waals surface area contributed by atoms with Gasteiger partial charge in [0.05, 0.1) is 14.2 Å². The lowest BCUT2D eigenvalue weighted by molar-refractivity contribution is -0.115. The van der Waals surface area contributed by atoms with Crippen LogP contribution in [0, 0.1) is 0 Å². The monoisotopic (exact) mass is 615 g/mol. The smallest absolute Gasteiger partial charge is 0.255 e. The zero-order valence-electron chi connectivity index (χ0n) is 25.2. The fourth-order valence-corrected chi connectivity index (χ4v) is 6.63. The Kier molecular flexibility index (Phi) is 8.75. The zero-order chi connectivity index (χ0) is 31.3. The molecule has 8 heteroatoms. The van der Waals surface area contributed by atoms with Crippen molar-refractivity contribution in [2.24, 2.45) is 0 Å². The molecular weight excluding hydrogens is 582 g/mol. The van der Waals surface area contributed by atoms with Gasteiger partial charge in [0.2, 0.25) is 5.91 Å². The number of hydrogen-bond acceptors (Lipinski definition) is 5. The van der Waals surface area contributed by atoms with Crippen molar-refractivity contribution in [1.29, 1.82) is 0 Å². The molecule has 6 aromatic rings. The molecule has 1 atom stereocenters.